The number of nitrogens with one attached hydrogen (secondary N) is 1. The van der Waals surface area contributed by atoms with Gasteiger partial charge in [-0.1, -0.05) is 0 Å². The zero-order chi connectivity index (χ0) is 15.6. The molecule has 0 saturated carbocycles. The summed E-state index contributed by atoms with van der Waals surface area (Å²) in [6, 6.07) is 0. The van der Waals surface area contributed by atoms with E-state index in [2.05, 4.69) is 4.98 Å². The lowest BCUT2D eigenvalue weighted by Gasteiger charge is -2.16. The molecule has 3 atom stereocenters. The number of rotatable bonds is 4. The SMILES string of the molecule is CC(=O)OC[C@H]1O[C@@H](n2cc(C)c(NO)nc2=O)C[C@@H]1F. The summed E-state index contributed by atoms with van der Waals surface area (Å²) in [5.41, 5.74) is 1.63. The minimum atomic E-state index is -1.35. The molecule has 2 heterocycles. The second-order valence-electron chi connectivity index (χ2n) is 4.76. The first-order valence-corrected chi connectivity index (χ1v) is 6.35. The number of ether oxygens (including phenoxy) is 2. The summed E-state index contributed by atoms with van der Waals surface area (Å²) in [6.07, 6.45) is -1.72. The molecule has 0 spiro atoms. The lowest BCUT2D eigenvalue weighted by atomic mass is 10.2. The second-order valence-corrected chi connectivity index (χ2v) is 4.76. The van der Waals surface area contributed by atoms with E-state index >= 15 is 0 Å². The third-order valence-electron chi connectivity index (χ3n) is 3.16. The van der Waals surface area contributed by atoms with E-state index in [1.54, 1.807) is 6.92 Å². The molecule has 9 heteroatoms. The molecule has 0 aliphatic carbocycles. The maximum Gasteiger partial charge on any atom is 0.351 e. The number of alkyl halides is 1. The Hall–Kier alpha value is -2.00. The molecule has 8 nitrogen and oxygen atoms in total. The van der Waals surface area contributed by atoms with Crippen LogP contribution in [0.15, 0.2) is 11.0 Å². The summed E-state index contributed by atoms with van der Waals surface area (Å²) < 4.78 is 25.1. The molecule has 1 saturated heterocycles. The summed E-state index contributed by atoms with van der Waals surface area (Å²) >= 11 is 0. The highest BCUT2D eigenvalue weighted by molar-refractivity contribution is 5.65. The Morgan fingerprint density at radius 2 is 2.43 bits per heavy atom. The van der Waals surface area contributed by atoms with Gasteiger partial charge in [0.25, 0.3) is 0 Å². The van der Waals surface area contributed by atoms with Crippen molar-refractivity contribution in [2.24, 2.45) is 0 Å². The van der Waals surface area contributed by atoms with E-state index in [0.29, 0.717) is 5.56 Å². The van der Waals surface area contributed by atoms with Crippen molar-refractivity contribution in [1.29, 1.82) is 0 Å². The summed E-state index contributed by atoms with van der Waals surface area (Å²) in [7, 11) is 0. The zero-order valence-corrected chi connectivity index (χ0v) is 11.6. The van der Waals surface area contributed by atoms with Gasteiger partial charge in [0.1, 0.15) is 25.1 Å². The normalized spacial score (nSPS) is 24.9. The molecule has 1 aromatic rings. The van der Waals surface area contributed by atoms with Crippen molar-refractivity contribution in [3.63, 3.8) is 0 Å². The van der Waals surface area contributed by atoms with E-state index in [4.69, 9.17) is 14.7 Å². The minimum Gasteiger partial charge on any atom is -0.463 e. The molecule has 2 N–H and O–H groups in total. The first-order valence-electron chi connectivity index (χ1n) is 6.35. The van der Waals surface area contributed by atoms with Gasteiger partial charge in [-0.25, -0.2) is 9.18 Å². The molecule has 1 fully saturated rings. The highest BCUT2D eigenvalue weighted by atomic mass is 19.1. The van der Waals surface area contributed by atoms with Crippen LogP contribution in [0.3, 0.4) is 0 Å². The van der Waals surface area contributed by atoms with Gasteiger partial charge in [-0.3, -0.25) is 20.0 Å². The maximum absolute atomic E-state index is 13.8. The second kappa shape index (κ2) is 6.19. The minimum absolute atomic E-state index is 0.0301. The molecular weight excluding hydrogens is 285 g/mol. The summed E-state index contributed by atoms with van der Waals surface area (Å²) in [5, 5.41) is 8.80. The van der Waals surface area contributed by atoms with Gasteiger partial charge in [0.05, 0.1) is 0 Å². The average molecular weight is 301 g/mol. The number of halogens is 1. The monoisotopic (exact) mass is 301 g/mol. The number of hydrogen-bond acceptors (Lipinski definition) is 7. The van der Waals surface area contributed by atoms with Crippen LogP contribution in [0.4, 0.5) is 10.2 Å². The fraction of sp³-hybridized carbons (Fsp3) is 0.583. The quantitative estimate of drug-likeness (QED) is 0.618. The van der Waals surface area contributed by atoms with Crippen molar-refractivity contribution in [3.8, 4) is 0 Å². The molecule has 0 aromatic carbocycles. The Morgan fingerprint density at radius 3 is 3.05 bits per heavy atom. The highest BCUT2D eigenvalue weighted by Gasteiger charge is 2.37. The fourth-order valence-corrected chi connectivity index (χ4v) is 2.10. The summed E-state index contributed by atoms with van der Waals surface area (Å²) in [6.45, 7) is 2.64. The highest BCUT2D eigenvalue weighted by Crippen LogP contribution is 2.30. The average Bonchev–Trinajstić information content (AvgIpc) is 2.79. The molecule has 2 rings (SSSR count). The maximum atomic E-state index is 13.8. The predicted molar refractivity (Wildman–Crippen MR) is 68.7 cm³/mol. The first kappa shape index (κ1) is 15.4. The standard InChI is InChI=1S/C12H16FN3O5/c1-6-4-16(12(18)14-11(6)15-19)10-3-8(13)9(21-10)5-20-7(2)17/h4,8-10,19H,3,5H2,1-2H3,(H,14,15,18)/t8-,9+,10+/m0/s1. The van der Waals surface area contributed by atoms with Crippen LogP contribution in [-0.2, 0) is 14.3 Å². The largest absolute Gasteiger partial charge is 0.463 e. The molecule has 116 valence electrons. The first-order chi connectivity index (χ1) is 9.92. The van der Waals surface area contributed by atoms with Gasteiger partial charge in [0, 0.05) is 25.1 Å². The fourth-order valence-electron chi connectivity index (χ4n) is 2.10. The number of carbonyl (C=O) groups is 1. The number of anilines is 1. The Kier molecular flexibility index (Phi) is 4.53. The van der Waals surface area contributed by atoms with Gasteiger partial charge in [0.15, 0.2) is 5.82 Å². The zero-order valence-electron chi connectivity index (χ0n) is 11.6. The summed E-state index contributed by atoms with van der Waals surface area (Å²) in [4.78, 5) is 26.2. The van der Waals surface area contributed by atoms with Crippen LogP contribution < -0.4 is 11.2 Å². The van der Waals surface area contributed by atoms with E-state index in [1.807, 2.05) is 5.48 Å². The van der Waals surface area contributed by atoms with Gasteiger partial charge in [-0.15, -0.1) is 0 Å². The lowest BCUT2D eigenvalue weighted by Crippen LogP contribution is -2.29. The number of aryl methyl sites for hydroxylation is 1. The Balaban J connectivity index is 2.15. The van der Waals surface area contributed by atoms with Gasteiger partial charge in [-0.05, 0) is 6.92 Å². The van der Waals surface area contributed by atoms with Gasteiger partial charge in [-0.2, -0.15) is 4.98 Å². The molecule has 1 aliphatic rings. The number of esters is 1. The van der Waals surface area contributed by atoms with Crippen molar-refractivity contribution in [3.05, 3.63) is 22.2 Å². The van der Waals surface area contributed by atoms with E-state index in [0.717, 1.165) is 4.57 Å². The number of carbonyl (C=O) groups excluding carboxylic acids is 1. The van der Waals surface area contributed by atoms with Crippen molar-refractivity contribution in [2.45, 2.75) is 38.8 Å². The third kappa shape index (κ3) is 3.37. The van der Waals surface area contributed by atoms with Gasteiger partial charge >= 0.3 is 11.7 Å². The van der Waals surface area contributed by atoms with Crippen LogP contribution in [0.5, 0.6) is 0 Å². The molecule has 0 bridgehead atoms. The molecule has 21 heavy (non-hydrogen) atoms. The number of nitrogens with zero attached hydrogens (tertiary/aromatic N) is 2. The van der Waals surface area contributed by atoms with Crippen LogP contribution in [0.25, 0.3) is 0 Å². The van der Waals surface area contributed by atoms with Crippen LogP contribution in [0.1, 0.15) is 25.1 Å². The van der Waals surface area contributed by atoms with Gasteiger partial charge < -0.3 is 9.47 Å². The van der Waals surface area contributed by atoms with E-state index in [1.165, 1.54) is 13.1 Å². The van der Waals surface area contributed by atoms with Gasteiger partial charge in [0.2, 0.25) is 0 Å². The van der Waals surface area contributed by atoms with Crippen molar-refractivity contribution in [2.75, 3.05) is 12.1 Å². The van der Waals surface area contributed by atoms with Crippen molar-refractivity contribution < 1.29 is 23.9 Å². The Bertz CT molecular complexity index is 591. The number of hydrogen-bond donors (Lipinski definition) is 2. The smallest absolute Gasteiger partial charge is 0.351 e. The van der Waals surface area contributed by atoms with Crippen LogP contribution in [-0.4, -0.2) is 39.6 Å². The Morgan fingerprint density at radius 1 is 1.71 bits per heavy atom. The molecule has 0 radical (unpaired) electrons. The molecule has 0 amide bonds. The molecule has 1 aromatic heterocycles. The van der Waals surface area contributed by atoms with E-state index in [9.17, 15) is 14.0 Å². The molecular formula is C12H16FN3O5. The molecule has 1 aliphatic heterocycles. The van der Waals surface area contributed by atoms with Crippen LogP contribution in [0, 0.1) is 6.92 Å². The van der Waals surface area contributed by atoms with Crippen molar-refractivity contribution in [1.82, 2.24) is 9.55 Å². The van der Waals surface area contributed by atoms with E-state index in [-0.39, 0.29) is 18.8 Å². The summed E-state index contributed by atoms with van der Waals surface area (Å²) in [5.74, 6) is -0.496. The van der Waals surface area contributed by atoms with Crippen LogP contribution >= 0.6 is 0 Å². The van der Waals surface area contributed by atoms with Crippen molar-refractivity contribution >= 4 is 11.8 Å². The number of aromatic nitrogens is 2. The van der Waals surface area contributed by atoms with E-state index < -0.39 is 30.2 Å². The lowest BCUT2D eigenvalue weighted by molar-refractivity contribution is -0.146. The molecule has 0 unspecified atom stereocenters. The predicted octanol–water partition coefficient (Wildman–Crippen LogP) is 0.542. The third-order valence-corrected chi connectivity index (χ3v) is 3.16. The topological polar surface area (TPSA) is 103 Å². The van der Waals surface area contributed by atoms with Crippen LogP contribution in [0.2, 0.25) is 0 Å². The Labute approximate surface area is 119 Å².